The highest BCUT2D eigenvalue weighted by Crippen LogP contribution is 2.18. The van der Waals surface area contributed by atoms with Gasteiger partial charge >= 0.3 is 0 Å². The van der Waals surface area contributed by atoms with E-state index >= 15 is 0 Å². The minimum Gasteiger partial charge on any atom is -0.399 e. The molecule has 1 rings (SSSR count). The zero-order valence-electron chi connectivity index (χ0n) is 8.55. The Bertz CT molecular complexity index is 281. The first-order chi connectivity index (χ1) is 6.63. The maximum atomic E-state index is 13.0. The second-order valence-electron chi connectivity index (χ2n) is 3.27. The average Bonchev–Trinajstić information content (AvgIpc) is 2.12. The van der Waals surface area contributed by atoms with E-state index in [2.05, 4.69) is 5.32 Å². The van der Waals surface area contributed by atoms with Gasteiger partial charge in [-0.3, -0.25) is 0 Å². The van der Waals surface area contributed by atoms with Crippen LogP contribution in [0.3, 0.4) is 0 Å². The van der Waals surface area contributed by atoms with E-state index in [4.69, 9.17) is 5.73 Å². The number of benzene rings is 1. The summed E-state index contributed by atoms with van der Waals surface area (Å²) in [4.78, 5) is 1.95. The molecule has 0 amide bonds. The summed E-state index contributed by atoms with van der Waals surface area (Å²) in [6, 6.07) is 4.56. The molecule has 4 heteroatoms. The van der Waals surface area contributed by atoms with Gasteiger partial charge in [-0.25, -0.2) is 4.39 Å². The van der Waals surface area contributed by atoms with Crippen molar-refractivity contribution >= 4 is 11.4 Å². The zero-order chi connectivity index (χ0) is 10.6. The molecule has 3 N–H and O–H groups in total. The van der Waals surface area contributed by atoms with Gasteiger partial charge in [0.25, 0.3) is 0 Å². The third-order valence-electron chi connectivity index (χ3n) is 2.04. The number of anilines is 2. The van der Waals surface area contributed by atoms with Crippen LogP contribution in [0.2, 0.25) is 0 Å². The van der Waals surface area contributed by atoms with Crippen LogP contribution in [0, 0.1) is 5.82 Å². The molecule has 0 bridgehead atoms. The Labute approximate surface area is 83.7 Å². The Hall–Kier alpha value is -1.29. The van der Waals surface area contributed by atoms with Crippen molar-refractivity contribution in [3.05, 3.63) is 24.0 Å². The average molecular weight is 197 g/mol. The largest absolute Gasteiger partial charge is 0.399 e. The van der Waals surface area contributed by atoms with Crippen molar-refractivity contribution in [3.8, 4) is 0 Å². The van der Waals surface area contributed by atoms with Gasteiger partial charge in [-0.15, -0.1) is 0 Å². The monoisotopic (exact) mass is 197 g/mol. The molecule has 0 aromatic heterocycles. The number of nitrogens with one attached hydrogen (secondary N) is 1. The van der Waals surface area contributed by atoms with Gasteiger partial charge in [-0.2, -0.15) is 0 Å². The highest BCUT2D eigenvalue weighted by atomic mass is 19.1. The molecule has 0 aliphatic rings. The number of halogens is 1. The van der Waals surface area contributed by atoms with Crippen LogP contribution in [0.15, 0.2) is 18.2 Å². The Kier molecular flexibility index (Phi) is 3.71. The number of rotatable bonds is 4. The topological polar surface area (TPSA) is 41.3 Å². The van der Waals surface area contributed by atoms with Crippen LogP contribution in [0.25, 0.3) is 0 Å². The molecule has 1 aromatic carbocycles. The van der Waals surface area contributed by atoms with E-state index in [1.54, 1.807) is 6.07 Å². The molecule has 1 aromatic rings. The molecule has 14 heavy (non-hydrogen) atoms. The van der Waals surface area contributed by atoms with Crippen molar-refractivity contribution in [2.75, 3.05) is 37.8 Å². The molecule has 0 aliphatic heterocycles. The number of nitrogen functional groups attached to an aromatic ring is 1. The van der Waals surface area contributed by atoms with E-state index in [0.717, 1.165) is 18.8 Å². The Balaban J connectivity index is 2.73. The first-order valence-electron chi connectivity index (χ1n) is 4.55. The molecule has 78 valence electrons. The van der Waals surface area contributed by atoms with Gasteiger partial charge in [-0.05, 0) is 25.2 Å². The zero-order valence-corrected chi connectivity index (χ0v) is 8.55. The fourth-order valence-corrected chi connectivity index (χ4v) is 1.23. The molecule has 0 aliphatic carbocycles. The van der Waals surface area contributed by atoms with Gasteiger partial charge in [0, 0.05) is 31.5 Å². The number of nitrogens with zero attached hydrogens (tertiary/aromatic N) is 1. The van der Waals surface area contributed by atoms with E-state index in [0.29, 0.717) is 5.69 Å². The molecule has 0 spiro atoms. The van der Waals surface area contributed by atoms with Crippen LogP contribution >= 0.6 is 0 Å². The lowest BCUT2D eigenvalue weighted by Gasteiger charge is -2.19. The molecule has 0 saturated carbocycles. The predicted molar refractivity (Wildman–Crippen MR) is 58.0 cm³/mol. The van der Waals surface area contributed by atoms with E-state index in [1.807, 2.05) is 19.0 Å². The van der Waals surface area contributed by atoms with Crippen molar-refractivity contribution in [1.29, 1.82) is 0 Å². The highest BCUT2D eigenvalue weighted by Gasteiger charge is 2.02. The van der Waals surface area contributed by atoms with Crippen LogP contribution < -0.4 is 16.0 Å². The van der Waals surface area contributed by atoms with Crippen molar-refractivity contribution < 1.29 is 4.39 Å². The fourth-order valence-electron chi connectivity index (χ4n) is 1.23. The van der Waals surface area contributed by atoms with Crippen LogP contribution in [-0.4, -0.2) is 27.2 Å². The summed E-state index contributed by atoms with van der Waals surface area (Å²) in [7, 11) is 3.79. The van der Waals surface area contributed by atoms with Gasteiger partial charge in [0.1, 0.15) is 5.82 Å². The normalized spacial score (nSPS) is 10.2. The van der Waals surface area contributed by atoms with Crippen molar-refractivity contribution in [2.24, 2.45) is 0 Å². The molecule has 0 radical (unpaired) electrons. The number of likely N-dealkylation sites (N-methyl/N-ethyl adjacent to an activating group) is 2. The lowest BCUT2D eigenvalue weighted by Crippen LogP contribution is -2.27. The molecular formula is C10H16FN3. The van der Waals surface area contributed by atoms with Gasteiger partial charge in [0.05, 0.1) is 0 Å². The minimum atomic E-state index is -0.295. The maximum Gasteiger partial charge on any atom is 0.127 e. The third kappa shape index (κ3) is 2.88. The molecular weight excluding hydrogens is 181 g/mol. The van der Waals surface area contributed by atoms with Gasteiger partial charge < -0.3 is 16.0 Å². The lowest BCUT2D eigenvalue weighted by molar-refractivity contribution is 0.627. The quantitative estimate of drug-likeness (QED) is 0.709. The Morgan fingerprint density at radius 1 is 1.43 bits per heavy atom. The Morgan fingerprint density at radius 3 is 2.71 bits per heavy atom. The van der Waals surface area contributed by atoms with Gasteiger partial charge in [0.15, 0.2) is 0 Å². The maximum absolute atomic E-state index is 13.0. The second kappa shape index (κ2) is 4.81. The summed E-state index contributed by atoms with van der Waals surface area (Å²) in [5.74, 6) is -0.295. The number of nitrogens with two attached hydrogens (primary N) is 1. The summed E-state index contributed by atoms with van der Waals surface area (Å²) < 4.78 is 13.0. The lowest BCUT2D eigenvalue weighted by atomic mass is 10.2. The Morgan fingerprint density at radius 2 is 2.14 bits per heavy atom. The summed E-state index contributed by atoms with van der Waals surface area (Å²) in [6.45, 7) is 1.67. The second-order valence-corrected chi connectivity index (χ2v) is 3.27. The van der Waals surface area contributed by atoms with E-state index < -0.39 is 0 Å². The van der Waals surface area contributed by atoms with Crippen molar-refractivity contribution in [3.63, 3.8) is 0 Å². The molecule has 0 heterocycles. The minimum absolute atomic E-state index is 0.295. The fraction of sp³-hybridized carbons (Fsp3) is 0.400. The summed E-state index contributed by atoms with van der Waals surface area (Å²) in [6.07, 6.45) is 0. The SMILES string of the molecule is CNCCN(C)c1cc(N)cc(F)c1. The number of hydrogen-bond acceptors (Lipinski definition) is 3. The van der Waals surface area contributed by atoms with E-state index in [-0.39, 0.29) is 5.82 Å². The van der Waals surface area contributed by atoms with Crippen LogP contribution in [-0.2, 0) is 0 Å². The summed E-state index contributed by atoms with van der Waals surface area (Å²) in [5.41, 5.74) is 6.80. The van der Waals surface area contributed by atoms with Crippen LogP contribution in [0.4, 0.5) is 15.8 Å². The van der Waals surface area contributed by atoms with E-state index in [1.165, 1.54) is 12.1 Å². The van der Waals surface area contributed by atoms with Gasteiger partial charge in [0.2, 0.25) is 0 Å². The van der Waals surface area contributed by atoms with Crippen molar-refractivity contribution in [1.82, 2.24) is 5.32 Å². The molecule has 0 unspecified atom stereocenters. The van der Waals surface area contributed by atoms with Gasteiger partial charge in [-0.1, -0.05) is 0 Å². The molecule has 3 nitrogen and oxygen atoms in total. The molecule has 0 fully saturated rings. The van der Waals surface area contributed by atoms with E-state index in [9.17, 15) is 4.39 Å². The smallest absolute Gasteiger partial charge is 0.127 e. The predicted octanol–water partition coefficient (Wildman–Crippen LogP) is 1.06. The molecule has 0 saturated heterocycles. The first kappa shape index (κ1) is 10.8. The highest BCUT2D eigenvalue weighted by molar-refractivity contribution is 5.55. The van der Waals surface area contributed by atoms with Crippen molar-refractivity contribution in [2.45, 2.75) is 0 Å². The third-order valence-corrected chi connectivity index (χ3v) is 2.04. The summed E-state index contributed by atoms with van der Waals surface area (Å²) in [5, 5.41) is 3.03. The number of hydrogen-bond donors (Lipinski definition) is 2. The summed E-state index contributed by atoms with van der Waals surface area (Å²) >= 11 is 0. The standard InChI is InChI=1S/C10H16FN3/c1-13-3-4-14(2)10-6-8(11)5-9(12)7-10/h5-7,13H,3-4,12H2,1-2H3. The van der Waals surface area contributed by atoms with Crippen LogP contribution in [0.1, 0.15) is 0 Å². The molecule has 0 atom stereocenters. The van der Waals surface area contributed by atoms with Crippen LogP contribution in [0.5, 0.6) is 0 Å². The first-order valence-corrected chi connectivity index (χ1v) is 4.55.